The summed E-state index contributed by atoms with van der Waals surface area (Å²) in [7, 11) is 0. The van der Waals surface area contributed by atoms with E-state index in [1.165, 1.54) is 0 Å². The molecule has 102 valence electrons. The maximum atomic E-state index is 11.5. The van der Waals surface area contributed by atoms with E-state index in [0.717, 1.165) is 0 Å². The van der Waals surface area contributed by atoms with Crippen LogP contribution in [0, 0.1) is 5.41 Å². The molecule has 2 atom stereocenters. The van der Waals surface area contributed by atoms with E-state index in [1.807, 2.05) is 20.8 Å². The predicted molar refractivity (Wildman–Crippen MR) is 67.8 cm³/mol. The number of carbonyl (C=O) groups is 1. The molecule has 5 nitrogen and oxygen atoms in total. The van der Waals surface area contributed by atoms with Crippen molar-refractivity contribution in [3.8, 4) is 0 Å². The minimum Gasteiger partial charge on any atom is -0.394 e. The van der Waals surface area contributed by atoms with Gasteiger partial charge in [-0.05, 0) is 25.2 Å². The third kappa shape index (κ3) is 7.99. The molecule has 0 saturated heterocycles. The largest absolute Gasteiger partial charge is 0.394 e. The Labute approximate surface area is 104 Å². The Morgan fingerprint density at radius 2 is 2.00 bits per heavy atom. The van der Waals surface area contributed by atoms with Gasteiger partial charge in [-0.25, -0.2) is 4.79 Å². The quantitative estimate of drug-likeness (QED) is 0.537. The zero-order valence-electron chi connectivity index (χ0n) is 11.3. The van der Waals surface area contributed by atoms with Crippen LogP contribution < -0.4 is 10.6 Å². The van der Waals surface area contributed by atoms with E-state index >= 15 is 0 Å². The van der Waals surface area contributed by atoms with Crippen molar-refractivity contribution in [2.45, 2.75) is 52.7 Å². The molecule has 0 aliphatic rings. The number of hydrogen-bond donors (Lipinski definition) is 4. The molecule has 0 fully saturated rings. The summed E-state index contributed by atoms with van der Waals surface area (Å²) in [5.74, 6) is 0. The Bertz CT molecular complexity index is 226. The van der Waals surface area contributed by atoms with Crippen molar-refractivity contribution >= 4 is 6.03 Å². The lowest BCUT2D eigenvalue weighted by Gasteiger charge is -2.27. The molecule has 5 heteroatoms. The molecule has 0 radical (unpaired) electrons. The molecule has 0 saturated carbocycles. The predicted octanol–water partition coefficient (Wildman–Crippen LogP) is 0.854. The van der Waals surface area contributed by atoms with Crippen molar-refractivity contribution < 1.29 is 15.0 Å². The topological polar surface area (TPSA) is 81.6 Å². The standard InChI is InChI=1S/C12H26N2O3/c1-5-10(7-15)14-11(17)13-8-12(3,4)6-9(2)16/h9-10,15-16H,5-8H2,1-4H3,(H2,13,14,17). The first-order valence-corrected chi connectivity index (χ1v) is 6.14. The molecular formula is C12H26N2O3. The fourth-order valence-corrected chi connectivity index (χ4v) is 1.70. The number of aliphatic hydroxyl groups is 2. The monoisotopic (exact) mass is 246 g/mol. The lowest BCUT2D eigenvalue weighted by molar-refractivity contribution is 0.128. The van der Waals surface area contributed by atoms with Gasteiger partial charge in [-0.15, -0.1) is 0 Å². The van der Waals surface area contributed by atoms with Gasteiger partial charge in [0, 0.05) is 6.54 Å². The number of rotatable bonds is 7. The molecule has 4 N–H and O–H groups in total. The van der Waals surface area contributed by atoms with Gasteiger partial charge in [-0.1, -0.05) is 20.8 Å². The van der Waals surface area contributed by atoms with E-state index in [4.69, 9.17) is 5.11 Å². The summed E-state index contributed by atoms with van der Waals surface area (Å²) in [5, 5.41) is 23.7. The highest BCUT2D eigenvalue weighted by molar-refractivity contribution is 5.74. The summed E-state index contributed by atoms with van der Waals surface area (Å²) in [5.41, 5.74) is -0.146. The average molecular weight is 246 g/mol. The van der Waals surface area contributed by atoms with Gasteiger partial charge in [0.15, 0.2) is 0 Å². The van der Waals surface area contributed by atoms with Crippen LogP contribution in [0.15, 0.2) is 0 Å². The normalized spacial score (nSPS) is 15.2. The second kappa shape index (κ2) is 7.50. The molecule has 0 aliphatic carbocycles. The van der Waals surface area contributed by atoms with Crippen molar-refractivity contribution in [3.63, 3.8) is 0 Å². The smallest absolute Gasteiger partial charge is 0.315 e. The number of amides is 2. The number of hydrogen-bond acceptors (Lipinski definition) is 3. The van der Waals surface area contributed by atoms with E-state index in [1.54, 1.807) is 6.92 Å². The summed E-state index contributed by atoms with van der Waals surface area (Å²) in [6, 6.07) is -0.473. The van der Waals surface area contributed by atoms with Crippen LogP contribution in [-0.2, 0) is 0 Å². The molecule has 0 aromatic heterocycles. The van der Waals surface area contributed by atoms with Crippen molar-refractivity contribution in [1.29, 1.82) is 0 Å². The lowest BCUT2D eigenvalue weighted by atomic mass is 9.87. The highest BCUT2D eigenvalue weighted by atomic mass is 16.3. The molecule has 0 bridgehead atoms. The Balaban J connectivity index is 3.98. The van der Waals surface area contributed by atoms with Gasteiger partial charge in [0.05, 0.1) is 18.8 Å². The van der Waals surface area contributed by atoms with Crippen LogP contribution in [0.4, 0.5) is 4.79 Å². The molecule has 0 spiro atoms. The average Bonchev–Trinajstić information content (AvgIpc) is 2.21. The summed E-state index contributed by atoms with van der Waals surface area (Å²) in [4.78, 5) is 11.5. The molecule has 0 heterocycles. The molecule has 2 amide bonds. The van der Waals surface area contributed by atoms with E-state index < -0.39 is 0 Å². The van der Waals surface area contributed by atoms with Crippen LogP contribution in [0.3, 0.4) is 0 Å². The molecular weight excluding hydrogens is 220 g/mol. The summed E-state index contributed by atoms with van der Waals surface area (Å²) in [6.07, 6.45) is 0.946. The first-order valence-electron chi connectivity index (χ1n) is 6.14. The van der Waals surface area contributed by atoms with Crippen LogP contribution in [0.5, 0.6) is 0 Å². The van der Waals surface area contributed by atoms with Crippen LogP contribution in [0.25, 0.3) is 0 Å². The van der Waals surface area contributed by atoms with E-state index in [2.05, 4.69) is 10.6 Å². The van der Waals surface area contributed by atoms with Gasteiger partial charge < -0.3 is 20.8 Å². The molecule has 0 aliphatic heterocycles. The maximum absolute atomic E-state index is 11.5. The zero-order valence-corrected chi connectivity index (χ0v) is 11.3. The number of carbonyl (C=O) groups excluding carboxylic acids is 1. The van der Waals surface area contributed by atoms with Crippen molar-refractivity contribution in [2.75, 3.05) is 13.2 Å². The zero-order chi connectivity index (χ0) is 13.5. The Morgan fingerprint density at radius 3 is 2.41 bits per heavy atom. The first kappa shape index (κ1) is 16.2. The Kier molecular flexibility index (Phi) is 7.15. The molecule has 0 rings (SSSR count). The minimum absolute atomic E-state index is 0.0546. The first-order chi connectivity index (χ1) is 7.80. The van der Waals surface area contributed by atoms with Crippen LogP contribution in [0.2, 0.25) is 0 Å². The number of nitrogens with one attached hydrogen (secondary N) is 2. The van der Waals surface area contributed by atoms with E-state index in [0.29, 0.717) is 19.4 Å². The molecule has 0 aromatic carbocycles. The fourth-order valence-electron chi connectivity index (χ4n) is 1.70. The maximum Gasteiger partial charge on any atom is 0.315 e. The third-order valence-corrected chi connectivity index (χ3v) is 2.62. The lowest BCUT2D eigenvalue weighted by Crippen LogP contribution is -2.46. The SMILES string of the molecule is CCC(CO)NC(=O)NCC(C)(C)CC(C)O. The van der Waals surface area contributed by atoms with Gasteiger partial charge in [0.1, 0.15) is 0 Å². The van der Waals surface area contributed by atoms with Gasteiger partial charge in [-0.2, -0.15) is 0 Å². The Morgan fingerprint density at radius 1 is 1.41 bits per heavy atom. The summed E-state index contributed by atoms with van der Waals surface area (Å²) < 4.78 is 0. The third-order valence-electron chi connectivity index (χ3n) is 2.62. The summed E-state index contributed by atoms with van der Waals surface area (Å²) in [6.45, 7) is 8.05. The highest BCUT2D eigenvalue weighted by Crippen LogP contribution is 2.20. The minimum atomic E-state index is -0.379. The highest BCUT2D eigenvalue weighted by Gasteiger charge is 2.21. The van der Waals surface area contributed by atoms with E-state index in [-0.39, 0.29) is 30.2 Å². The number of aliphatic hydroxyl groups excluding tert-OH is 2. The van der Waals surface area contributed by atoms with Crippen LogP contribution >= 0.6 is 0 Å². The Hall–Kier alpha value is -0.810. The fraction of sp³-hybridized carbons (Fsp3) is 0.917. The second-order valence-electron chi connectivity index (χ2n) is 5.33. The second-order valence-corrected chi connectivity index (χ2v) is 5.33. The van der Waals surface area contributed by atoms with Crippen LogP contribution in [0.1, 0.15) is 40.5 Å². The molecule has 17 heavy (non-hydrogen) atoms. The van der Waals surface area contributed by atoms with Gasteiger partial charge in [-0.3, -0.25) is 0 Å². The summed E-state index contributed by atoms with van der Waals surface area (Å²) >= 11 is 0. The molecule has 2 unspecified atom stereocenters. The van der Waals surface area contributed by atoms with Gasteiger partial charge in [0.2, 0.25) is 0 Å². The van der Waals surface area contributed by atoms with Gasteiger partial charge >= 0.3 is 6.03 Å². The van der Waals surface area contributed by atoms with Gasteiger partial charge in [0.25, 0.3) is 0 Å². The van der Waals surface area contributed by atoms with E-state index in [9.17, 15) is 9.90 Å². The van der Waals surface area contributed by atoms with Crippen molar-refractivity contribution in [1.82, 2.24) is 10.6 Å². The number of urea groups is 1. The van der Waals surface area contributed by atoms with Crippen molar-refractivity contribution in [3.05, 3.63) is 0 Å². The molecule has 0 aromatic rings. The van der Waals surface area contributed by atoms with Crippen LogP contribution in [-0.4, -0.2) is 41.5 Å². The van der Waals surface area contributed by atoms with Crippen molar-refractivity contribution in [2.24, 2.45) is 5.41 Å².